The number of nitrogens with zero attached hydrogens (tertiary/aromatic N) is 6. The van der Waals surface area contributed by atoms with E-state index in [9.17, 15) is 9.18 Å². The Morgan fingerprint density at radius 1 is 1.08 bits per heavy atom. The fourth-order valence-electron chi connectivity index (χ4n) is 5.97. The largest absolute Gasteiger partial charge is 0.481 e. The summed E-state index contributed by atoms with van der Waals surface area (Å²) in [7, 11) is 1.46. The molecule has 2 unspecified atom stereocenters. The van der Waals surface area contributed by atoms with Crippen molar-refractivity contribution in [3.8, 4) is 17.1 Å². The van der Waals surface area contributed by atoms with Crippen molar-refractivity contribution in [3.63, 3.8) is 0 Å². The molecule has 9 heteroatoms. The van der Waals surface area contributed by atoms with Crippen LogP contribution in [0.1, 0.15) is 60.8 Å². The Bertz CT molecular complexity index is 1500. The molecule has 8 nitrogen and oxygen atoms in total. The molecule has 0 radical (unpaired) electrons. The zero-order chi connectivity index (χ0) is 27.1. The molecule has 0 aliphatic carbocycles. The van der Waals surface area contributed by atoms with Crippen LogP contribution in [0.15, 0.2) is 54.9 Å². The van der Waals surface area contributed by atoms with E-state index in [1.165, 1.54) is 24.8 Å². The van der Waals surface area contributed by atoms with E-state index in [0.717, 1.165) is 36.2 Å². The van der Waals surface area contributed by atoms with Crippen molar-refractivity contribution in [1.82, 2.24) is 29.2 Å². The molecule has 2 aliphatic heterocycles. The van der Waals surface area contributed by atoms with E-state index in [-0.39, 0.29) is 23.5 Å². The molecular weight excluding hydrogens is 495 g/mol. The Morgan fingerprint density at radius 2 is 1.87 bits per heavy atom. The van der Waals surface area contributed by atoms with Crippen molar-refractivity contribution in [3.05, 3.63) is 77.6 Å². The minimum Gasteiger partial charge on any atom is -0.481 e. The average molecular weight is 529 g/mol. The number of amides is 1. The molecule has 6 rings (SSSR count). The number of pyridine rings is 1. The van der Waals surface area contributed by atoms with Crippen LogP contribution in [0.2, 0.25) is 0 Å². The first-order chi connectivity index (χ1) is 18.9. The molecular formula is C30H33FN6O2. The van der Waals surface area contributed by atoms with Crippen LogP contribution in [-0.4, -0.2) is 67.3 Å². The molecule has 2 saturated heterocycles. The van der Waals surface area contributed by atoms with E-state index < -0.39 is 5.82 Å². The average Bonchev–Trinajstić information content (AvgIpc) is 3.45. The quantitative estimate of drug-likeness (QED) is 0.353. The van der Waals surface area contributed by atoms with Crippen LogP contribution < -0.4 is 4.74 Å². The van der Waals surface area contributed by atoms with E-state index in [2.05, 4.69) is 57.4 Å². The van der Waals surface area contributed by atoms with Crippen LogP contribution in [0.4, 0.5) is 4.39 Å². The molecule has 2 atom stereocenters. The van der Waals surface area contributed by atoms with Gasteiger partial charge in [-0.25, -0.2) is 19.3 Å². The molecule has 0 N–H and O–H groups in total. The van der Waals surface area contributed by atoms with Crippen LogP contribution in [0.5, 0.6) is 5.88 Å². The Morgan fingerprint density at radius 3 is 2.64 bits per heavy atom. The third kappa shape index (κ3) is 4.76. The van der Waals surface area contributed by atoms with E-state index in [0.29, 0.717) is 37.4 Å². The molecule has 5 heterocycles. The lowest BCUT2D eigenvalue weighted by Crippen LogP contribution is -2.41. The number of carbonyl (C=O) groups excluding carboxylic acids is 1. The minimum atomic E-state index is -0.626. The number of fused-ring (bicyclic) bond motifs is 3. The lowest BCUT2D eigenvalue weighted by atomic mass is 10.0. The van der Waals surface area contributed by atoms with E-state index in [1.54, 1.807) is 11.1 Å². The van der Waals surface area contributed by atoms with Gasteiger partial charge in [-0.05, 0) is 42.9 Å². The van der Waals surface area contributed by atoms with Crippen molar-refractivity contribution < 1.29 is 13.9 Å². The summed E-state index contributed by atoms with van der Waals surface area (Å²) in [4.78, 5) is 31.2. The maximum absolute atomic E-state index is 14.6. The lowest BCUT2D eigenvalue weighted by molar-refractivity contribution is 0.0722. The summed E-state index contributed by atoms with van der Waals surface area (Å²) in [6, 6.07) is 13.7. The van der Waals surface area contributed by atoms with Gasteiger partial charge in [0.1, 0.15) is 0 Å². The zero-order valence-corrected chi connectivity index (χ0v) is 22.5. The maximum atomic E-state index is 14.6. The first-order valence-electron chi connectivity index (χ1n) is 13.6. The van der Waals surface area contributed by atoms with Gasteiger partial charge in [-0.15, -0.1) is 0 Å². The fraction of sp³-hybridized carbons (Fsp3) is 0.400. The highest BCUT2D eigenvalue weighted by Crippen LogP contribution is 2.35. The maximum Gasteiger partial charge on any atom is 0.275 e. The topological polar surface area (TPSA) is 75.9 Å². The number of ether oxygens (including phenoxy) is 1. The highest BCUT2D eigenvalue weighted by molar-refractivity contribution is 5.92. The second-order valence-corrected chi connectivity index (χ2v) is 10.8. The van der Waals surface area contributed by atoms with Crippen molar-refractivity contribution >= 4 is 11.7 Å². The molecule has 1 aromatic carbocycles. The predicted octanol–water partition coefficient (Wildman–Crippen LogP) is 4.94. The second-order valence-electron chi connectivity index (χ2n) is 10.8. The molecule has 4 aromatic rings. The number of benzene rings is 1. The van der Waals surface area contributed by atoms with Gasteiger partial charge in [0.25, 0.3) is 5.91 Å². The van der Waals surface area contributed by atoms with Gasteiger partial charge in [-0.2, -0.15) is 0 Å². The van der Waals surface area contributed by atoms with Gasteiger partial charge in [0.15, 0.2) is 11.5 Å². The molecule has 2 aliphatic rings. The Hall–Kier alpha value is -3.85. The Kier molecular flexibility index (Phi) is 6.76. The first-order valence-corrected chi connectivity index (χ1v) is 13.6. The normalized spacial score (nSPS) is 19.6. The van der Waals surface area contributed by atoms with Crippen molar-refractivity contribution in [2.75, 3.05) is 20.2 Å². The number of rotatable bonds is 6. The van der Waals surface area contributed by atoms with Crippen LogP contribution in [-0.2, 0) is 6.54 Å². The number of likely N-dealkylation sites (tertiary alicyclic amines) is 1. The van der Waals surface area contributed by atoms with Crippen molar-refractivity contribution in [1.29, 1.82) is 0 Å². The SMILES string of the molecule is COc1ccc(F)c(C(=O)N2CCC3CCC(C2)N3Cc2c(-c3ccc(C(C)C)cc3)nc3ncccn23)n1. The van der Waals surface area contributed by atoms with Crippen LogP contribution in [0.25, 0.3) is 17.0 Å². The predicted molar refractivity (Wildman–Crippen MR) is 146 cm³/mol. The Balaban J connectivity index is 1.30. The number of hydrogen-bond acceptors (Lipinski definition) is 6. The van der Waals surface area contributed by atoms with Gasteiger partial charge >= 0.3 is 0 Å². The van der Waals surface area contributed by atoms with Crippen molar-refractivity contribution in [2.45, 2.75) is 57.7 Å². The van der Waals surface area contributed by atoms with Crippen LogP contribution in [0.3, 0.4) is 0 Å². The summed E-state index contributed by atoms with van der Waals surface area (Å²) < 4.78 is 21.8. The van der Waals surface area contributed by atoms with Gasteiger partial charge < -0.3 is 9.64 Å². The molecule has 0 spiro atoms. The highest BCUT2D eigenvalue weighted by Gasteiger charge is 2.40. The van der Waals surface area contributed by atoms with Crippen LogP contribution in [0, 0.1) is 5.82 Å². The summed E-state index contributed by atoms with van der Waals surface area (Å²) in [5.74, 6) is 0.351. The van der Waals surface area contributed by atoms with E-state index >= 15 is 0 Å². The highest BCUT2D eigenvalue weighted by atomic mass is 19.1. The number of hydrogen-bond donors (Lipinski definition) is 0. The van der Waals surface area contributed by atoms with Gasteiger partial charge in [0, 0.05) is 55.7 Å². The minimum absolute atomic E-state index is 0.161. The molecule has 2 bridgehead atoms. The summed E-state index contributed by atoms with van der Waals surface area (Å²) >= 11 is 0. The Labute approximate surface area is 227 Å². The van der Waals surface area contributed by atoms with Gasteiger partial charge in [0.2, 0.25) is 11.7 Å². The fourth-order valence-corrected chi connectivity index (χ4v) is 5.97. The van der Waals surface area contributed by atoms with Gasteiger partial charge in [0.05, 0.1) is 18.5 Å². The van der Waals surface area contributed by atoms with Crippen molar-refractivity contribution in [2.24, 2.45) is 0 Å². The number of methoxy groups -OCH3 is 1. The molecule has 39 heavy (non-hydrogen) atoms. The summed E-state index contributed by atoms with van der Waals surface area (Å²) in [6.45, 7) is 6.17. The summed E-state index contributed by atoms with van der Waals surface area (Å²) in [5.41, 5.74) is 4.20. The molecule has 0 saturated carbocycles. The third-order valence-electron chi connectivity index (χ3n) is 8.14. The monoisotopic (exact) mass is 528 g/mol. The number of halogens is 1. The molecule has 202 valence electrons. The lowest BCUT2D eigenvalue weighted by Gasteiger charge is -2.29. The molecule has 2 fully saturated rings. The van der Waals surface area contributed by atoms with E-state index in [1.807, 2.05) is 12.3 Å². The van der Waals surface area contributed by atoms with Crippen LogP contribution >= 0.6 is 0 Å². The standard InChI is InChI=1S/C30H33FN6O2/c1-19(2)20-5-7-21(8-6-20)27-25(36-15-4-14-32-30(36)34-27)18-37-22-9-10-23(37)17-35(16-13-22)29(38)28-24(31)11-12-26(33-28)39-3/h4-8,11-12,14-15,19,22-23H,9-10,13,16-18H2,1-3H3. The molecule has 3 aromatic heterocycles. The number of carbonyl (C=O) groups is 1. The van der Waals surface area contributed by atoms with E-state index in [4.69, 9.17) is 9.72 Å². The number of aromatic nitrogens is 4. The first kappa shape index (κ1) is 25.4. The smallest absolute Gasteiger partial charge is 0.275 e. The zero-order valence-electron chi connectivity index (χ0n) is 22.5. The molecule has 1 amide bonds. The number of imidazole rings is 1. The second kappa shape index (κ2) is 10.4. The summed E-state index contributed by atoms with van der Waals surface area (Å²) in [5, 5.41) is 0. The summed E-state index contributed by atoms with van der Waals surface area (Å²) in [6.07, 6.45) is 6.66. The van der Waals surface area contributed by atoms with Gasteiger partial charge in [-0.3, -0.25) is 14.1 Å². The third-order valence-corrected chi connectivity index (χ3v) is 8.14. The van der Waals surface area contributed by atoms with Gasteiger partial charge in [-0.1, -0.05) is 38.1 Å².